The number of hydrogen-bond donors (Lipinski definition) is 1. The van der Waals surface area contributed by atoms with Gasteiger partial charge in [0.1, 0.15) is 0 Å². The third-order valence-electron chi connectivity index (χ3n) is 5.65. The molecule has 0 aliphatic carbocycles. The first kappa shape index (κ1) is 22.4. The van der Waals surface area contributed by atoms with Crippen molar-refractivity contribution in [3.05, 3.63) is 39.6 Å². The van der Waals surface area contributed by atoms with Crippen LogP contribution in [0, 0.1) is 10.1 Å². The van der Waals surface area contributed by atoms with Gasteiger partial charge in [-0.15, -0.1) is 0 Å². The maximum absolute atomic E-state index is 11.4. The first-order valence-corrected chi connectivity index (χ1v) is 11.1. The molecule has 2 rings (SSSR count). The van der Waals surface area contributed by atoms with E-state index in [4.69, 9.17) is 0 Å². The molecule has 0 aliphatic rings. The molecule has 0 aliphatic heterocycles. The lowest BCUT2D eigenvalue weighted by atomic mass is 9.96. The summed E-state index contributed by atoms with van der Waals surface area (Å²) in [6, 6.07) is 5.57. The van der Waals surface area contributed by atoms with Gasteiger partial charge in [-0.05, 0) is 56.8 Å². The van der Waals surface area contributed by atoms with Crippen molar-refractivity contribution < 1.29 is 4.92 Å². The molecule has 5 nitrogen and oxygen atoms in total. The number of fused-ring (bicyclic) bond motifs is 1. The summed E-state index contributed by atoms with van der Waals surface area (Å²) < 4.78 is 0. The Hall–Kier alpha value is -1.88. The molecule has 1 unspecified atom stereocenters. The van der Waals surface area contributed by atoms with Crippen molar-refractivity contribution >= 4 is 16.6 Å². The summed E-state index contributed by atoms with van der Waals surface area (Å²) in [5.74, 6) is 0. The highest BCUT2D eigenvalue weighted by molar-refractivity contribution is 5.87. The number of aromatic amines is 1. The SMILES string of the molecule is CCCCc1[nH]c2ccc([N+](=O)[O-])cc2c1C(CC)N(CCCC)CCCC. The number of non-ortho nitro benzene ring substituents is 1. The van der Waals surface area contributed by atoms with E-state index in [0.717, 1.165) is 49.7 Å². The van der Waals surface area contributed by atoms with Gasteiger partial charge in [0.05, 0.1) is 4.92 Å². The monoisotopic (exact) mass is 387 g/mol. The predicted molar refractivity (Wildman–Crippen MR) is 118 cm³/mol. The van der Waals surface area contributed by atoms with Crippen LogP contribution in [0.4, 0.5) is 5.69 Å². The second-order valence-corrected chi connectivity index (χ2v) is 7.77. The van der Waals surface area contributed by atoms with Gasteiger partial charge in [0.15, 0.2) is 0 Å². The second-order valence-electron chi connectivity index (χ2n) is 7.77. The number of aromatic nitrogens is 1. The van der Waals surface area contributed by atoms with Crippen molar-refractivity contribution in [1.82, 2.24) is 9.88 Å². The van der Waals surface area contributed by atoms with Crippen LogP contribution in [-0.4, -0.2) is 27.9 Å². The number of rotatable bonds is 13. The lowest BCUT2D eigenvalue weighted by molar-refractivity contribution is -0.384. The first-order chi connectivity index (χ1) is 13.6. The molecule has 0 spiro atoms. The average molecular weight is 388 g/mol. The highest BCUT2D eigenvalue weighted by Gasteiger charge is 2.25. The third kappa shape index (κ3) is 5.34. The largest absolute Gasteiger partial charge is 0.358 e. The number of benzene rings is 1. The van der Waals surface area contributed by atoms with Crippen LogP contribution in [0.2, 0.25) is 0 Å². The van der Waals surface area contributed by atoms with Crippen LogP contribution >= 0.6 is 0 Å². The number of nitrogens with zero attached hydrogens (tertiary/aromatic N) is 2. The summed E-state index contributed by atoms with van der Waals surface area (Å²) in [5.41, 5.74) is 3.76. The maximum Gasteiger partial charge on any atom is 0.270 e. The van der Waals surface area contributed by atoms with Crippen LogP contribution in [0.15, 0.2) is 18.2 Å². The molecule has 156 valence electrons. The topological polar surface area (TPSA) is 62.2 Å². The minimum atomic E-state index is -0.283. The number of H-pyrrole nitrogens is 1. The van der Waals surface area contributed by atoms with Crippen LogP contribution < -0.4 is 0 Å². The number of nitro benzene ring substituents is 1. The lowest BCUT2D eigenvalue weighted by Crippen LogP contribution is -2.31. The van der Waals surface area contributed by atoms with Gasteiger partial charge >= 0.3 is 0 Å². The minimum absolute atomic E-state index is 0.179. The van der Waals surface area contributed by atoms with Gasteiger partial charge in [-0.1, -0.05) is 47.0 Å². The molecule has 0 saturated heterocycles. The van der Waals surface area contributed by atoms with Gasteiger partial charge in [-0.3, -0.25) is 15.0 Å². The van der Waals surface area contributed by atoms with E-state index in [1.165, 1.54) is 36.9 Å². The number of hydrogen-bond acceptors (Lipinski definition) is 3. The summed E-state index contributed by atoms with van der Waals surface area (Å²) in [5, 5.41) is 12.4. The van der Waals surface area contributed by atoms with Crippen LogP contribution in [-0.2, 0) is 6.42 Å². The van der Waals surface area contributed by atoms with Crippen LogP contribution in [0.3, 0.4) is 0 Å². The standard InChI is InChI=1S/C23H37N3O2/c1-5-9-12-21-23(19-17-18(26(27)28)13-14-20(19)24-21)22(8-4)25(15-10-6-2)16-11-7-3/h13-14,17,22,24H,5-12,15-16H2,1-4H3. The Morgan fingerprint density at radius 3 is 2.21 bits per heavy atom. The zero-order valence-electron chi connectivity index (χ0n) is 18.1. The molecular formula is C23H37N3O2. The summed E-state index contributed by atoms with van der Waals surface area (Å²) in [6.07, 6.45) is 9.02. The Balaban J connectivity index is 2.55. The van der Waals surface area contributed by atoms with E-state index in [-0.39, 0.29) is 10.6 Å². The van der Waals surface area contributed by atoms with Gasteiger partial charge in [-0.25, -0.2) is 0 Å². The van der Waals surface area contributed by atoms with Gasteiger partial charge in [0.2, 0.25) is 0 Å². The Bertz CT molecular complexity index is 746. The molecule has 0 radical (unpaired) electrons. The van der Waals surface area contributed by atoms with E-state index in [9.17, 15) is 10.1 Å². The van der Waals surface area contributed by atoms with Crippen LogP contribution in [0.1, 0.15) is 89.9 Å². The van der Waals surface area contributed by atoms with Crippen molar-refractivity contribution in [2.75, 3.05) is 13.1 Å². The fraction of sp³-hybridized carbons (Fsp3) is 0.652. The molecule has 0 saturated carbocycles. The predicted octanol–water partition coefficient (Wildman–Crippen LogP) is 6.77. The van der Waals surface area contributed by atoms with Crippen molar-refractivity contribution in [2.45, 2.75) is 85.1 Å². The molecule has 2 aromatic rings. The van der Waals surface area contributed by atoms with E-state index < -0.39 is 0 Å². The smallest absolute Gasteiger partial charge is 0.270 e. The molecular weight excluding hydrogens is 350 g/mol. The van der Waals surface area contributed by atoms with Crippen LogP contribution in [0.5, 0.6) is 0 Å². The lowest BCUT2D eigenvalue weighted by Gasteiger charge is -2.32. The molecule has 1 aromatic carbocycles. The molecule has 28 heavy (non-hydrogen) atoms. The molecule has 1 aromatic heterocycles. The van der Waals surface area contributed by atoms with E-state index in [2.05, 4.69) is 37.6 Å². The van der Waals surface area contributed by atoms with E-state index in [1.54, 1.807) is 12.1 Å². The van der Waals surface area contributed by atoms with E-state index >= 15 is 0 Å². The van der Waals surface area contributed by atoms with E-state index in [0.29, 0.717) is 6.04 Å². The zero-order valence-corrected chi connectivity index (χ0v) is 18.1. The van der Waals surface area contributed by atoms with E-state index in [1.807, 2.05) is 6.07 Å². The van der Waals surface area contributed by atoms with Crippen molar-refractivity contribution in [3.8, 4) is 0 Å². The number of nitrogens with one attached hydrogen (secondary N) is 1. The molecule has 0 fully saturated rings. The van der Waals surface area contributed by atoms with Crippen LogP contribution in [0.25, 0.3) is 10.9 Å². The number of unbranched alkanes of at least 4 members (excludes halogenated alkanes) is 3. The maximum atomic E-state index is 11.4. The molecule has 0 amide bonds. The molecule has 1 atom stereocenters. The molecule has 0 bridgehead atoms. The Morgan fingerprint density at radius 1 is 1.04 bits per heavy atom. The first-order valence-electron chi connectivity index (χ1n) is 11.1. The Labute approximate surface area is 169 Å². The Kier molecular flexibility index (Phi) is 8.97. The summed E-state index contributed by atoms with van der Waals surface area (Å²) in [7, 11) is 0. The van der Waals surface area contributed by atoms with Crippen molar-refractivity contribution in [3.63, 3.8) is 0 Å². The highest BCUT2D eigenvalue weighted by atomic mass is 16.6. The zero-order chi connectivity index (χ0) is 20.5. The summed E-state index contributed by atoms with van der Waals surface area (Å²) in [4.78, 5) is 17.3. The minimum Gasteiger partial charge on any atom is -0.358 e. The highest BCUT2D eigenvalue weighted by Crippen LogP contribution is 2.36. The number of nitro groups is 1. The third-order valence-corrected chi connectivity index (χ3v) is 5.65. The molecule has 1 heterocycles. The van der Waals surface area contributed by atoms with Gasteiger partial charge in [0.25, 0.3) is 5.69 Å². The van der Waals surface area contributed by atoms with Crippen molar-refractivity contribution in [2.24, 2.45) is 0 Å². The molecule has 1 N–H and O–H groups in total. The quantitative estimate of drug-likeness (QED) is 0.304. The summed E-state index contributed by atoms with van der Waals surface area (Å²) >= 11 is 0. The van der Waals surface area contributed by atoms with Gasteiger partial charge in [0, 0.05) is 34.8 Å². The average Bonchev–Trinajstić information content (AvgIpc) is 3.05. The van der Waals surface area contributed by atoms with Gasteiger partial charge < -0.3 is 4.98 Å². The summed E-state index contributed by atoms with van der Waals surface area (Å²) in [6.45, 7) is 11.1. The van der Waals surface area contributed by atoms with Gasteiger partial charge in [-0.2, -0.15) is 0 Å². The van der Waals surface area contributed by atoms with Crippen molar-refractivity contribution in [1.29, 1.82) is 0 Å². The normalized spacial score (nSPS) is 12.8. The fourth-order valence-electron chi connectivity index (χ4n) is 4.09. The molecule has 5 heteroatoms. The second kappa shape index (κ2) is 11.2. The number of aryl methyl sites for hydroxylation is 1. The Morgan fingerprint density at radius 2 is 1.68 bits per heavy atom. The fourth-order valence-corrected chi connectivity index (χ4v) is 4.09.